The molecule has 22 heavy (non-hydrogen) atoms. The molecule has 0 radical (unpaired) electrons. The predicted octanol–water partition coefficient (Wildman–Crippen LogP) is 0.947. The van der Waals surface area contributed by atoms with Crippen molar-refractivity contribution < 1.29 is 36.0 Å². The van der Waals surface area contributed by atoms with Gasteiger partial charge >= 0.3 is 0 Å². The molecule has 0 atom stereocenters. The maximum atomic E-state index is 11.3. The molecular weight excluding hydrogens is 342 g/mol. The molecule has 0 aliphatic carbocycles. The summed E-state index contributed by atoms with van der Waals surface area (Å²) in [6.07, 6.45) is 0. The summed E-state index contributed by atoms with van der Waals surface area (Å²) in [5.41, 5.74) is -1.02. The number of hydrogen-bond donors (Lipinski definition) is 3. The van der Waals surface area contributed by atoms with Gasteiger partial charge in [-0.1, -0.05) is 6.07 Å². The van der Waals surface area contributed by atoms with Gasteiger partial charge in [-0.05, 0) is 17.5 Å². The minimum Gasteiger partial charge on any atom is -0.506 e. The Bertz CT molecular complexity index is 1010. The zero-order valence-electron chi connectivity index (χ0n) is 10.4. The zero-order chi connectivity index (χ0) is 16.9. The third-order valence-electron chi connectivity index (χ3n) is 2.75. The number of rotatable bonds is 3. The first-order valence-corrected chi connectivity index (χ1v) is 8.20. The minimum absolute atomic E-state index is 0.285. The van der Waals surface area contributed by atoms with Crippen molar-refractivity contribution in [2.75, 3.05) is 0 Å². The molecule has 0 saturated carbocycles. The first-order valence-electron chi connectivity index (χ1n) is 5.32. The lowest BCUT2D eigenvalue weighted by Crippen LogP contribution is -2.04. The quantitative estimate of drug-likeness (QED) is 0.414. The normalized spacial score (nSPS) is 12.5. The van der Waals surface area contributed by atoms with Crippen molar-refractivity contribution in [2.24, 2.45) is 0 Å². The van der Waals surface area contributed by atoms with Crippen molar-refractivity contribution in [3.05, 3.63) is 34.4 Å². The van der Waals surface area contributed by atoms with Gasteiger partial charge in [-0.15, -0.1) is 0 Å². The highest BCUT2D eigenvalue weighted by Crippen LogP contribution is 2.38. The molecule has 0 saturated heterocycles. The van der Waals surface area contributed by atoms with E-state index >= 15 is 0 Å². The lowest BCUT2D eigenvalue weighted by atomic mass is 10.1. The third kappa shape index (κ3) is 2.71. The van der Waals surface area contributed by atoms with Crippen molar-refractivity contribution in [1.82, 2.24) is 0 Å². The Morgan fingerprint density at radius 3 is 2.05 bits per heavy atom. The summed E-state index contributed by atoms with van der Waals surface area (Å²) < 4.78 is 63.0. The molecule has 3 N–H and O–H groups in total. The molecule has 2 aromatic rings. The molecule has 0 aromatic heterocycles. The predicted molar refractivity (Wildman–Crippen MR) is 71.9 cm³/mol. The van der Waals surface area contributed by atoms with E-state index in [0.717, 1.165) is 18.2 Å². The average Bonchev–Trinajstić information content (AvgIpc) is 2.34. The van der Waals surface area contributed by atoms with E-state index < -0.39 is 51.8 Å². The average molecular weight is 349 g/mol. The lowest BCUT2D eigenvalue weighted by Gasteiger charge is -2.08. The van der Waals surface area contributed by atoms with Crippen LogP contribution in [0.3, 0.4) is 0 Å². The summed E-state index contributed by atoms with van der Waals surface area (Å²) in [6.45, 7) is 0. The number of nitrogens with zero attached hydrogens (tertiary/aromatic N) is 1. The van der Waals surface area contributed by atoms with E-state index in [0.29, 0.717) is 6.07 Å². The van der Waals surface area contributed by atoms with Crippen LogP contribution in [0.2, 0.25) is 0 Å². The number of phenolic OH excluding ortho intramolecular Hbond substituents is 1. The Labute approximate surface area is 123 Å². The lowest BCUT2D eigenvalue weighted by molar-refractivity contribution is -0.383. The van der Waals surface area contributed by atoms with Crippen LogP contribution < -0.4 is 0 Å². The number of nitro groups is 1. The summed E-state index contributed by atoms with van der Waals surface area (Å²) in [5, 5.41) is 19.6. The minimum atomic E-state index is -5.03. The maximum absolute atomic E-state index is 11.3. The zero-order valence-corrected chi connectivity index (χ0v) is 12.0. The highest BCUT2D eigenvalue weighted by molar-refractivity contribution is 7.86. The number of fused-ring (bicyclic) bond motifs is 1. The second kappa shape index (κ2) is 4.88. The first-order chi connectivity index (χ1) is 9.93. The Balaban J connectivity index is 3.14. The number of hydrogen-bond acceptors (Lipinski definition) is 7. The van der Waals surface area contributed by atoms with Crippen LogP contribution in [0, 0.1) is 10.1 Å². The molecule has 0 amide bonds. The summed E-state index contributed by atoms with van der Waals surface area (Å²) >= 11 is 0. The molecule has 0 heterocycles. The molecule has 12 heteroatoms. The van der Waals surface area contributed by atoms with E-state index in [-0.39, 0.29) is 5.39 Å². The molecule has 2 rings (SSSR count). The number of nitro benzene ring substituents is 1. The number of benzene rings is 2. The largest absolute Gasteiger partial charge is 0.506 e. The second-order valence-corrected chi connectivity index (χ2v) is 6.94. The van der Waals surface area contributed by atoms with E-state index in [9.17, 15) is 32.1 Å². The van der Waals surface area contributed by atoms with Crippen LogP contribution in [0.5, 0.6) is 5.75 Å². The fourth-order valence-corrected chi connectivity index (χ4v) is 3.28. The Morgan fingerprint density at radius 1 is 1.00 bits per heavy atom. The topological polar surface area (TPSA) is 172 Å². The maximum Gasteiger partial charge on any atom is 0.299 e. The van der Waals surface area contributed by atoms with Crippen LogP contribution in [0.15, 0.2) is 34.1 Å². The second-order valence-electron chi connectivity index (χ2n) is 4.16. The molecule has 0 spiro atoms. The van der Waals surface area contributed by atoms with Crippen molar-refractivity contribution in [2.45, 2.75) is 9.79 Å². The molecule has 0 aliphatic heterocycles. The Hall–Kier alpha value is -2.28. The van der Waals surface area contributed by atoms with Crippen LogP contribution in [-0.2, 0) is 20.2 Å². The summed E-state index contributed by atoms with van der Waals surface area (Å²) in [7, 11) is -9.82. The van der Waals surface area contributed by atoms with Gasteiger partial charge < -0.3 is 5.11 Å². The molecule has 10 nitrogen and oxygen atoms in total. The van der Waals surface area contributed by atoms with Crippen LogP contribution >= 0.6 is 0 Å². The van der Waals surface area contributed by atoms with Crippen molar-refractivity contribution >= 4 is 36.7 Å². The van der Waals surface area contributed by atoms with Crippen LogP contribution in [-0.4, -0.2) is 36.0 Å². The van der Waals surface area contributed by atoms with Gasteiger partial charge in [0.2, 0.25) is 0 Å². The van der Waals surface area contributed by atoms with E-state index in [1.807, 2.05) is 0 Å². The molecule has 0 fully saturated rings. The van der Waals surface area contributed by atoms with Crippen LogP contribution in [0.25, 0.3) is 10.8 Å². The van der Waals surface area contributed by atoms with Crippen molar-refractivity contribution in [3.63, 3.8) is 0 Å². The van der Waals surface area contributed by atoms with E-state index in [1.165, 1.54) is 0 Å². The highest BCUT2D eigenvalue weighted by Gasteiger charge is 2.28. The van der Waals surface area contributed by atoms with Gasteiger partial charge in [-0.2, -0.15) is 16.8 Å². The number of aromatic hydroxyl groups is 1. The van der Waals surface area contributed by atoms with Gasteiger partial charge in [-0.3, -0.25) is 19.2 Å². The van der Waals surface area contributed by atoms with Crippen molar-refractivity contribution in [1.29, 1.82) is 0 Å². The number of phenols is 1. The summed E-state index contributed by atoms with van der Waals surface area (Å²) in [6, 6.07) is 3.00. The van der Waals surface area contributed by atoms with Crippen LogP contribution in [0.1, 0.15) is 0 Å². The van der Waals surface area contributed by atoms with Gasteiger partial charge in [0.15, 0.2) is 4.90 Å². The monoisotopic (exact) mass is 349 g/mol. The van der Waals surface area contributed by atoms with Gasteiger partial charge in [0, 0.05) is 6.07 Å². The molecule has 2 aromatic carbocycles. The SMILES string of the molecule is O=[N+]([O-])c1cc(S(=O)(=O)O)cc2ccc(O)c(S(=O)(=O)O)c12. The number of non-ortho nitro benzene ring substituents is 1. The molecule has 118 valence electrons. The Kier molecular flexibility index (Phi) is 3.57. The van der Waals surface area contributed by atoms with E-state index in [2.05, 4.69) is 0 Å². The first kappa shape index (κ1) is 16.1. The highest BCUT2D eigenvalue weighted by atomic mass is 32.2. The van der Waals surface area contributed by atoms with Crippen molar-refractivity contribution in [3.8, 4) is 5.75 Å². The van der Waals surface area contributed by atoms with Gasteiger partial charge in [0.25, 0.3) is 25.9 Å². The fourth-order valence-electron chi connectivity index (χ4n) is 1.93. The molecule has 0 unspecified atom stereocenters. The van der Waals surface area contributed by atoms with E-state index in [1.54, 1.807) is 0 Å². The van der Waals surface area contributed by atoms with Gasteiger partial charge in [-0.25, -0.2) is 0 Å². The molecule has 0 bridgehead atoms. The summed E-state index contributed by atoms with van der Waals surface area (Å²) in [5.74, 6) is -0.947. The molecule has 0 aliphatic rings. The smallest absolute Gasteiger partial charge is 0.299 e. The van der Waals surface area contributed by atoms with Crippen LogP contribution in [0.4, 0.5) is 5.69 Å². The van der Waals surface area contributed by atoms with Gasteiger partial charge in [0.05, 0.1) is 10.3 Å². The fraction of sp³-hybridized carbons (Fsp3) is 0. The van der Waals surface area contributed by atoms with E-state index in [4.69, 9.17) is 9.11 Å². The third-order valence-corrected chi connectivity index (χ3v) is 4.52. The summed E-state index contributed by atoms with van der Waals surface area (Å²) in [4.78, 5) is 7.99. The van der Waals surface area contributed by atoms with Gasteiger partial charge in [0.1, 0.15) is 10.6 Å². The molecular formula is C10H7NO9S2. The standard InChI is InChI=1S/C10H7NO9S2/c12-8-2-1-5-3-6(21(15,16)17)4-7(11(13)14)9(5)10(8)22(18,19)20/h1-4,12H,(H,15,16,17)(H,18,19,20). The Morgan fingerprint density at radius 2 is 1.59 bits per heavy atom.